The standard InChI is InChI=1S/C12H21N3O2/c1-4-14-7-5-11(16)15(12(14)17)8-6-13-9-10(2)3/h5,7,10,13H,4,6,8-9H2,1-3H3. The number of aromatic nitrogens is 2. The Labute approximate surface area is 101 Å². The van der Waals surface area contributed by atoms with Crippen LogP contribution in [0.2, 0.25) is 0 Å². The molecule has 0 bridgehead atoms. The van der Waals surface area contributed by atoms with Crippen molar-refractivity contribution in [3.63, 3.8) is 0 Å². The summed E-state index contributed by atoms with van der Waals surface area (Å²) in [6.07, 6.45) is 1.54. The van der Waals surface area contributed by atoms with Crippen molar-refractivity contribution in [2.45, 2.75) is 33.9 Å². The van der Waals surface area contributed by atoms with Crippen molar-refractivity contribution < 1.29 is 0 Å². The Morgan fingerprint density at radius 3 is 2.65 bits per heavy atom. The normalized spacial score (nSPS) is 11.1. The summed E-state index contributed by atoms with van der Waals surface area (Å²) >= 11 is 0. The van der Waals surface area contributed by atoms with Crippen LogP contribution in [0, 0.1) is 5.92 Å². The van der Waals surface area contributed by atoms with Gasteiger partial charge >= 0.3 is 5.69 Å². The highest BCUT2D eigenvalue weighted by molar-refractivity contribution is 4.86. The van der Waals surface area contributed by atoms with E-state index in [2.05, 4.69) is 19.2 Å². The molecular formula is C12H21N3O2. The summed E-state index contributed by atoms with van der Waals surface area (Å²) in [6.45, 7) is 8.65. The fraction of sp³-hybridized carbons (Fsp3) is 0.667. The van der Waals surface area contributed by atoms with Gasteiger partial charge in [-0.1, -0.05) is 13.8 Å². The molecule has 0 unspecified atom stereocenters. The maximum Gasteiger partial charge on any atom is 0.330 e. The molecule has 0 aliphatic rings. The lowest BCUT2D eigenvalue weighted by molar-refractivity contribution is 0.498. The van der Waals surface area contributed by atoms with Gasteiger partial charge in [-0.05, 0) is 19.4 Å². The van der Waals surface area contributed by atoms with Gasteiger partial charge in [-0.15, -0.1) is 0 Å². The van der Waals surface area contributed by atoms with Crippen molar-refractivity contribution in [1.29, 1.82) is 0 Å². The number of nitrogens with zero attached hydrogens (tertiary/aromatic N) is 2. The zero-order chi connectivity index (χ0) is 12.8. The summed E-state index contributed by atoms with van der Waals surface area (Å²) in [5.41, 5.74) is -0.461. The minimum atomic E-state index is -0.231. The number of hydrogen-bond donors (Lipinski definition) is 1. The van der Waals surface area contributed by atoms with Gasteiger partial charge in [0.25, 0.3) is 5.56 Å². The van der Waals surface area contributed by atoms with Crippen molar-refractivity contribution in [2.24, 2.45) is 5.92 Å². The summed E-state index contributed by atoms with van der Waals surface area (Å²) in [5, 5.41) is 3.22. The minimum Gasteiger partial charge on any atom is -0.315 e. The van der Waals surface area contributed by atoms with E-state index in [1.165, 1.54) is 15.2 Å². The molecule has 0 aliphatic heterocycles. The van der Waals surface area contributed by atoms with Gasteiger partial charge in [0.05, 0.1) is 0 Å². The molecule has 0 saturated heterocycles. The van der Waals surface area contributed by atoms with Crippen LogP contribution in [0.1, 0.15) is 20.8 Å². The number of rotatable bonds is 6. The van der Waals surface area contributed by atoms with Gasteiger partial charge in [0.2, 0.25) is 0 Å². The third kappa shape index (κ3) is 3.85. The van der Waals surface area contributed by atoms with Gasteiger partial charge in [-0.3, -0.25) is 9.36 Å². The Bertz CT molecular complexity index is 460. The first kappa shape index (κ1) is 13.7. The smallest absolute Gasteiger partial charge is 0.315 e. The first-order valence-corrected chi connectivity index (χ1v) is 6.07. The Morgan fingerprint density at radius 2 is 2.06 bits per heavy atom. The number of hydrogen-bond acceptors (Lipinski definition) is 3. The van der Waals surface area contributed by atoms with Crippen LogP contribution in [0.5, 0.6) is 0 Å². The molecule has 1 aromatic heterocycles. The van der Waals surface area contributed by atoms with Crippen molar-refractivity contribution in [1.82, 2.24) is 14.5 Å². The Balaban J connectivity index is 2.71. The van der Waals surface area contributed by atoms with E-state index in [1.807, 2.05) is 6.92 Å². The van der Waals surface area contributed by atoms with Crippen molar-refractivity contribution >= 4 is 0 Å². The molecule has 1 N–H and O–H groups in total. The van der Waals surface area contributed by atoms with Gasteiger partial charge in [0, 0.05) is 31.9 Å². The van der Waals surface area contributed by atoms with Crippen LogP contribution < -0.4 is 16.6 Å². The molecule has 5 heteroatoms. The lowest BCUT2D eigenvalue weighted by Crippen LogP contribution is -2.41. The average molecular weight is 239 g/mol. The van der Waals surface area contributed by atoms with Gasteiger partial charge in [-0.2, -0.15) is 0 Å². The molecule has 0 spiro atoms. The van der Waals surface area contributed by atoms with E-state index in [1.54, 1.807) is 6.20 Å². The van der Waals surface area contributed by atoms with Crippen LogP contribution >= 0.6 is 0 Å². The van der Waals surface area contributed by atoms with Crippen molar-refractivity contribution in [3.8, 4) is 0 Å². The Kier molecular flexibility index (Phi) is 5.15. The summed E-state index contributed by atoms with van der Waals surface area (Å²) in [6, 6.07) is 1.44. The van der Waals surface area contributed by atoms with E-state index >= 15 is 0 Å². The number of aryl methyl sites for hydroxylation is 1. The van der Waals surface area contributed by atoms with E-state index in [9.17, 15) is 9.59 Å². The topological polar surface area (TPSA) is 56.0 Å². The number of nitrogens with one attached hydrogen (secondary N) is 1. The molecular weight excluding hydrogens is 218 g/mol. The maximum atomic E-state index is 11.8. The molecule has 0 saturated carbocycles. The predicted octanol–water partition coefficient (Wildman–Crippen LogP) is 0.275. The Morgan fingerprint density at radius 1 is 1.35 bits per heavy atom. The molecule has 0 aromatic carbocycles. The highest BCUT2D eigenvalue weighted by Crippen LogP contribution is 1.86. The lowest BCUT2D eigenvalue weighted by Gasteiger charge is -2.10. The second-order valence-corrected chi connectivity index (χ2v) is 4.47. The molecule has 0 atom stereocenters. The van der Waals surface area contributed by atoms with Crippen molar-refractivity contribution in [2.75, 3.05) is 13.1 Å². The molecule has 0 radical (unpaired) electrons. The maximum absolute atomic E-state index is 11.8. The third-order valence-electron chi connectivity index (χ3n) is 2.55. The van der Waals surface area contributed by atoms with Gasteiger partial charge in [-0.25, -0.2) is 4.79 Å². The fourth-order valence-electron chi connectivity index (χ4n) is 1.58. The zero-order valence-corrected chi connectivity index (χ0v) is 10.8. The first-order chi connectivity index (χ1) is 8.06. The largest absolute Gasteiger partial charge is 0.330 e. The summed E-state index contributed by atoms with van der Waals surface area (Å²) in [7, 11) is 0. The second kappa shape index (κ2) is 6.39. The van der Waals surface area contributed by atoms with Gasteiger partial charge in [0.15, 0.2) is 0 Å². The van der Waals surface area contributed by atoms with Crippen LogP contribution in [0.25, 0.3) is 0 Å². The van der Waals surface area contributed by atoms with Gasteiger partial charge in [0.1, 0.15) is 0 Å². The first-order valence-electron chi connectivity index (χ1n) is 6.07. The average Bonchev–Trinajstić information content (AvgIpc) is 2.27. The van der Waals surface area contributed by atoms with Crippen molar-refractivity contribution in [3.05, 3.63) is 33.1 Å². The summed E-state index contributed by atoms with van der Waals surface area (Å²) < 4.78 is 2.81. The van der Waals surface area contributed by atoms with Crippen LogP contribution in [-0.4, -0.2) is 22.2 Å². The molecule has 1 heterocycles. The Hall–Kier alpha value is -1.36. The third-order valence-corrected chi connectivity index (χ3v) is 2.55. The van der Waals surface area contributed by atoms with E-state index in [0.29, 0.717) is 25.6 Å². The van der Waals surface area contributed by atoms with E-state index < -0.39 is 0 Å². The highest BCUT2D eigenvalue weighted by atomic mass is 16.2. The van der Waals surface area contributed by atoms with Crippen LogP contribution in [0.4, 0.5) is 0 Å². The molecule has 96 valence electrons. The minimum absolute atomic E-state index is 0.230. The highest BCUT2D eigenvalue weighted by Gasteiger charge is 2.03. The summed E-state index contributed by atoms with van der Waals surface area (Å²) in [4.78, 5) is 23.4. The molecule has 0 aliphatic carbocycles. The van der Waals surface area contributed by atoms with E-state index in [-0.39, 0.29) is 11.2 Å². The molecule has 5 nitrogen and oxygen atoms in total. The summed E-state index contributed by atoms with van der Waals surface area (Å²) in [5.74, 6) is 0.565. The lowest BCUT2D eigenvalue weighted by atomic mass is 10.2. The molecule has 17 heavy (non-hydrogen) atoms. The predicted molar refractivity (Wildman–Crippen MR) is 68.3 cm³/mol. The molecule has 1 aromatic rings. The SMILES string of the molecule is CCn1ccc(=O)n(CCNCC(C)C)c1=O. The van der Waals surface area contributed by atoms with Crippen LogP contribution in [-0.2, 0) is 13.1 Å². The molecule has 1 rings (SSSR count). The second-order valence-electron chi connectivity index (χ2n) is 4.47. The molecule has 0 fully saturated rings. The monoisotopic (exact) mass is 239 g/mol. The fourth-order valence-corrected chi connectivity index (χ4v) is 1.58. The van der Waals surface area contributed by atoms with Crippen LogP contribution in [0.15, 0.2) is 21.9 Å². The van der Waals surface area contributed by atoms with Gasteiger partial charge < -0.3 is 9.88 Å². The van der Waals surface area contributed by atoms with E-state index in [0.717, 1.165) is 6.54 Å². The quantitative estimate of drug-likeness (QED) is 0.725. The van der Waals surface area contributed by atoms with E-state index in [4.69, 9.17) is 0 Å². The molecule has 0 amide bonds. The zero-order valence-electron chi connectivity index (χ0n) is 10.8. The van der Waals surface area contributed by atoms with Crippen LogP contribution in [0.3, 0.4) is 0 Å².